The summed E-state index contributed by atoms with van der Waals surface area (Å²) >= 11 is 0. The van der Waals surface area contributed by atoms with Crippen LogP contribution in [0.25, 0.3) is 11.1 Å². The lowest BCUT2D eigenvalue weighted by Crippen LogP contribution is -2.45. The van der Waals surface area contributed by atoms with Crippen LogP contribution < -0.4 is 16.0 Å². The third kappa shape index (κ3) is 14.3. The minimum Gasteiger partial charge on any atom is -0.458 e. The van der Waals surface area contributed by atoms with Crippen molar-refractivity contribution in [2.45, 2.75) is 70.9 Å². The molecule has 0 radical (unpaired) electrons. The Morgan fingerprint density at radius 3 is 2.06 bits per heavy atom. The van der Waals surface area contributed by atoms with Crippen LogP contribution in [0.15, 0.2) is 48.5 Å². The Morgan fingerprint density at radius 1 is 0.760 bits per heavy atom. The summed E-state index contributed by atoms with van der Waals surface area (Å²) < 4.78 is 26.9. The fourth-order valence-corrected chi connectivity index (χ4v) is 5.27. The van der Waals surface area contributed by atoms with Crippen molar-refractivity contribution >= 4 is 29.7 Å². The average molecular weight is 698 g/mol. The molecule has 3 amide bonds. The van der Waals surface area contributed by atoms with E-state index < -0.39 is 23.7 Å². The predicted molar refractivity (Wildman–Crippen MR) is 185 cm³/mol. The molecule has 13 nitrogen and oxygen atoms in total. The van der Waals surface area contributed by atoms with E-state index in [1.54, 1.807) is 20.8 Å². The number of benzene rings is 2. The first-order valence-corrected chi connectivity index (χ1v) is 17.1. The van der Waals surface area contributed by atoms with E-state index in [1.165, 1.54) is 0 Å². The zero-order valence-corrected chi connectivity index (χ0v) is 29.5. The van der Waals surface area contributed by atoms with Crippen LogP contribution in [-0.2, 0) is 42.9 Å². The van der Waals surface area contributed by atoms with Crippen molar-refractivity contribution in [1.29, 1.82) is 0 Å². The van der Waals surface area contributed by atoms with Gasteiger partial charge in [-0.15, -0.1) is 0 Å². The summed E-state index contributed by atoms with van der Waals surface area (Å²) in [5.74, 6) is -1.42. The van der Waals surface area contributed by atoms with Crippen LogP contribution >= 0.6 is 0 Å². The van der Waals surface area contributed by atoms with Gasteiger partial charge in [-0.25, -0.2) is 9.59 Å². The quantitative estimate of drug-likeness (QED) is 0.122. The lowest BCUT2D eigenvalue weighted by Gasteiger charge is -2.24. The molecule has 3 rings (SSSR count). The number of carbonyl (C=O) groups is 5. The second-order valence-corrected chi connectivity index (χ2v) is 12.7. The first kappa shape index (κ1) is 40.1. The van der Waals surface area contributed by atoms with Crippen molar-refractivity contribution in [3.63, 3.8) is 0 Å². The maximum Gasteiger partial charge on any atom is 0.407 e. The monoisotopic (exact) mass is 697 g/mol. The Kier molecular flexibility index (Phi) is 16.9. The van der Waals surface area contributed by atoms with Crippen molar-refractivity contribution in [3.05, 3.63) is 59.7 Å². The largest absolute Gasteiger partial charge is 0.458 e. The first-order valence-electron chi connectivity index (χ1n) is 17.1. The van der Waals surface area contributed by atoms with Crippen LogP contribution in [0.2, 0.25) is 0 Å². The molecule has 0 aromatic heterocycles. The number of hydrogen-bond acceptors (Lipinski definition) is 10. The highest BCUT2D eigenvalue weighted by Crippen LogP contribution is 2.44. The highest BCUT2D eigenvalue weighted by atomic mass is 16.6. The lowest BCUT2D eigenvalue weighted by molar-refractivity contribution is -0.157. The molecule has 3 N–H and O–H groups in total. The minimum absolute atomic E-state index is 0.00113. The lowest BCUT2D eigenvalue weighted by atomic mass is 9.98. The Morgan fingerprint density at radius 2 is 1.40 bits per heavy atom. The number of fused-ring (bicyclic) bond motifs is 3. The van der Waals surface area contributed by atoms with Gasteiger partial charge in [0.2, 0.25) is 11.8 Å². The summed E-state index contributed by atoms with van der Waals surface area (Å²) in [6.45, 7) is 8.74. The van der Waals surface area contributed by atoms with Gasteiger partial charge in [0.1, 0.15) is 31.5 Å². The van der Waals surface area contributed by atoms with Crippen molar-refractivity contribution in [2.24, 2.45) is 0 Å². The van der Waals surface area contributed by atoms with E-state index in [4.69, 9.17) is 23.7 Å². The van der Waals surface area contributed by atoms with Gasteiger partial charge in [0.15, 0.2) is 5.78 Å². The Bertz CT molecular complexity index is 1380. The first-order chi connectivity index (χ1) is 24.0. The molecule has 2 aromatic rings. The number of alkyl carbamates (subject to hydrolysis) is 1. The molecule has 0 saturated heterocycles. The molecular weight excluding hydrogens is 646 g/mol. The van der Waals surface area contributed by atoms with Gasteiger partial charge in [-0.2, -0.15) is 0 Å². The number of amides is 3. The van der Waals surface area contributed by atoms with E-state index in [-0.39, 0.29) is 82.5 Å². The summed E-state index contributed by atoms with van der Waals surface area (Å²) in [4.78, 5) is 61.7. The zero-order chi connectivity index (χ0) is 36.4. The highest BCUT2D eigenvalue weighted by molar-refractivity contribution is 5.84. The van der Waals surface area contributed by atoms with Gasteiger partial charge < -0.3 is 39.6 Å². The van der Waals surface area contributed by atoms with Crippen LogP contribution in [0.1, 0.15) is 70.4 Å². The fraction of sp³-hybridized carbons (Fsp3) is 0.541. The molecule has 0 spiro atoms. The molecule has 0 fully saturated rings. The predicted octanol–water partition coefficient (Wildman–Crippen LogP) is 3.67. The molecular formula is C37H51N3O10. The van der Waals surface area contributed by atoms with Crippen LogP contribution in [-0.4, -0.2) is 101 Å². The summed E-state index contributed by atoms with van der Waals surface area (Å²) in [7, 11) is 0. The number of rotatable bonds is 22. The van der Waals surface area contributed by atoms with Crippen LogP contribution in [0.4, 0.5) is 4.79 Å². The van der Waals surface area contributed by atoms with Crippen LogP contribution in [0, 0.1) is 0 Å². The van der Waals surface area contributed by atoms with Crippen molar-refractivity contribution < 1.29 is 47.7 Å². The standard InChI is InChI=1S/C37H51N3O10/c1-5-46-23-26(41)11-10-18-38-34(43)25-48-22-21-47-20-19-39-33(42)17-16-32(35(44)50-37(2,3)4)40-36(45)49-24-31-29-14-8-6-12-27(29)28-13-7-9-15-30(28)31/h6-9,12-15,31-32H,5,10-11,16-25H2,1-4H3,(H,38,43)(H,39,42)(H,40,45)/t32-/m0/s1. The number of esters is 1. The highest BCUT2D eigenvalue weighted by Gasteiger charge is 2.31. The number of nitrogens with one attached hydrogen (secondary N) is 3. The van der Waals surface area contributed by atoms with Gasteiger partial charge in [0, 0.05) is 38.5 Å². The van der Waals surface area contributed by atoms with Gasteiger partial charge in [-0.1, -0.05) is 48.5 Å². The summed E-state index contributed by atoms with van der Waals surface area (Å²) in [6.07, 6.45) is 0.0516. The average Bonchev–Trinajstić information content (AvgIpc) is 3.40. The van der Waals surface area contributed by atoms with E-state index in [9.17, 15) is 24.0 Å². The smallest absolute Gasteiger partial charge is 0.407 e. The number of ketones is 1. The molecule has 13 heteroatoms. The van der Waals surface area contributed by atoms with Crippen molar-refractivity contribution in [2.75, 3.05) is 59.3 Å². The molecule has 0 unspecified atom stereocenters. The Labute approximate surface area is 294 Å². The minimum atomic E-state index is -1.09. The molecule has 1 aliphatic rings. The fourth-order valence-electron chi connectivity index (χ4n) is 5.27. The van der Waals surface area contributed by atoms with Gasteiger partial charge >= 0.3 is 12.1 Å². The molecule has 0 heterocycles. The van der Waals surface area contributed by atoms with Crippen LogP contribution in [0.3, 0.4) is 0 Å². The van der Waals surface area contributed by atoms with Crippen LogP contribution in [0.5, 0.6) is 0 Å². The summed E-state index contributed by atoms with van der Waals surface area (Å²) in [5.41, 5.74) is 3.54. The van der Waals surface area contributed by atoms with E-state index in [1.807, 2.05) is 55.5 Å². The number of hydrogen-bond donors (Lipinski definition) is 3. The second-order valence-electron chi connectivity index (χ2n) is 12.7. The van der Waals surface area contributed by atoms with E-state index in [0.717, 1.165) is 22.3 Å². The maximum atomic E-state index is 12.9. The van der Waals surface area contributed by atoms with Gasteiger partial charge in [0.05, 0.1) is 19.8 Å². The molecule has 0 aliphatic heterocycles. The molecule has 50 heavy (non-hydrogen) atoms. The molecule has 1 aliphatic carbocycles. The normalized spacial score (nSPS) is 12.7. The SMILES string of the molecule is CCOCC(=O)CCCNC(=O)COCCOCCNC(=O)CC[C@H](NC(=O)OCC1c2ccccc2-c2ccccc21)C(=O)OC(C)(C)C. The number of carbonyl (C=O) groups excluding carboxylic acids is 5. The van der Waals surface area contributed by atoms with E-state index in [2.05, 4.69) is 16.0 Å². The topological polar surface area (TPSA) is 168 Å². The van der Waals surface area contributed by atoms with Gasteiger partial charge in [0.25, 0.3) is 0 Å². The summed E-state index contributed by atoms with van der Waals surface area (Å²) in [5, 5.41) is 8.00. The number of ether oxygens (including phenoxy) is 5. The van der Waals surface area contributed by atoms with Crippen molar-refractivity contribution in [3.8, 4) is 11.1 Å². The van der Waals surface area contributed by atoms with Gasteiger partial charge in [-0.05, 0) is 62.8 Å². The van der Waals surface area contributed by atoms with E-state index >= 15 is 0 Å². The number of Topliss-reactive ketones (excluding diaryl/α,β-unsaturated/α-hetero) is 1. The van der Waals surface area contributed by atoms with Crippen molar-refractivity contribution in [1.82, 2.24) is 16.0 Å². The molecule has 1 atom stereocenters. The zero-order valence-electron chi connectivity index (χ0n) is 29.5. The third-order valence-corrected chi connectivity index (χ3v) is 7.58. The maximum absolute atomic E-state index is 12.9. The van der Waals surface area contributed by atoms with E-state index in [0.29, 0.717) is 26.0 Å². The molecule has 0 bridgehead atoms. The summed E-state index contributed by atoms with van der Waals surface area (Å²) in [6, 6.07) is 14.9. The van der Waals surface area contributed by atoms with Gasteiger partial charge in [-0.3, -0.25) is 14.4 Å². The molecule has 2 aromatic carbocycles. The second kappa shape index (κ2) is 21.0. The molecule has 274 valence electrons. The Hall–Kier alpha value is -4.33. The third-order valence-electron chi connectivity index (χ3n) is 7.58. The Balaban J connectivity index is 1.32. The molecule has 0 saturated carbocycles.